The molecule has 2 heterocycles. The summed E-state index contributed by atoms with van der Waals surface area (Å²) in [5.74, 6) is 0.577. The summed E-state index contributed by atoms with van der Waals surface area (Å²) >= 11 is 5.90. The maximum atomic E-state index is 13.7. The van der Waals surface area contributed by atoms with Crippen LogP contribution >= 0.6 is 11.6 Å². The van der Waals surface area contributed by atoms with Gasteiger partial charge in [0.05, 0.1) is 24.1 Å². The van der Waals surface area contributed by atoms with Crippen molar-refractivity contribution in [2.45, 2.75) is 12.4 Å². The third-order valence-electron chi connectivity index (χ3n) is 3.03. The van der Waals surface area contributed by atoms with Gasteiger partial charge in [-0.05, 0) is 12.1 Å². The van der Waals surface area contributed by atoms with E-state index in [1.165, 1.54) is 6.07 Å². The Bertz CT molecular complexity index is 731. The van der Waals surface area contributed by atoms with Crippen molar-refractivity contribution in [2.75, 3.05) is 0 Å². The topological polar surface area (TPSA) is 35.6 Å². The van der Waals surface area contributed by atoms with E-state index in [4.69, 9.17) is 11.6 Å². The third-order valence-corrected chi connectivity index (χ3v) is 3.27. The summed E-state index contributed by atoms with van der Waals surface area (Å²) in [5, 5.41) is 4.13. The van der Waals surface area contributed by atoms with Crippen molar-refractivity contribution in [1.29, 1.82) is 0 Å². The molecule has 4 nitrogen and oxygen atoms in total. The third kappa shape index (κ3) is 2.10. The first-order valence-corrected chi connectivity index (χ1v) is 6.39. The molecule has 0 aliphatic rings. The molecule has 0 spiro atoms. The number of rotatable bonds is 3. The average molecular weight is 279 g/mol. The molecular formula is C13H12ClFN4. The van der Waals surface area contributed by atoms with E-state index in [0.29, 0.717) is 17.9 Å². The lowest BCUT2D eigenvalue weighted by Crippen LogP contribution is -2.03. The van der Waals surface area contributed by atoms with Crippen LogP contribution in [0.2, 0.25) is 0 Å². The van der Waals surface area contributed by atoms with Crippen molar-refractivity contribution in [3.63, 3.8) is 0 Å². The fourth-order valence-electron chi connectivity index (χ4n) is 2.18. The predicted molar refractivity (Wildman–Crippen MR) is 71.6 cm³/mol. The first kappa shape index (κ1) is 12.2. The van der Waals surface area contributed by atoms with Crippen LogP contribution in [0.15, 0.2) is 30.6 Å². The number of aromatic nitrogens is 4. The van der Waals surface area contributed by atoms with Crippen molar-refractivity contribution in [2.24, 2.45) is 7.05 Å². The Kier molecular flexibility index (Phi) is 2.98. The highest BCUT2D eigenvalue weighted by molar-refractivity contribution is 6.16. The van der Waals surface area contributed by atoms with E-state index in [0.717, 1.165) is 11.1 Å². The number of halogens is 2. The molecule has 98 valence electrons. The van der Waals surface area contributed by atoms with Crippen LogP contribution in [0.5, 0.6) is 0 Å². The fraction of sp³-hybridized carbons (Fsp3) is 0.231. The monoisotopic (exact) mass is 278 g/mol. The van der Waals surface area contributed by atoms with Crippen LogP contribution in [-0.4, -0.2) is 19.3 Å². The van der Waals surface area contributed by atoms with E-state index in [2.05, 4.69) is 10.1 Å². The first-order chi connectivity index (χ1) is 9.19. The molecule has 1 aromatic carbocycles. The zero-order chi connectivity index (χ0) is 13.4. The van der Waals surface area contributed by atoms with Gasteiger partial charge in [-0.3, -0.25) is 4.68 Å². The van der Waals surface area contributed by atoms with Crippen LogP contribution in [0.4, 0.5) is 4.39 Å². The van der Waals surface area contributed by atoms with Crippen LogP contribution < -0.4 is 0 Å². The molecule has 0 radical (unpaired) electrons. The summed E-state index contributed by atoms with van der Waals surface area (Å²) in [6.45, 7) is 0.579. The van der Waals surface area contributed by atoms with Gasteiger partial charge in [0.25, 0.3) is 0 Å². The van der Waals surface area contributed by atoms with Crippen LogP contribution in [-0.2, 0) is 19.5 Å². The maximum absolute atomic E-state index is 13.7. The Morgan fingerprint density at radius 2 is 2.21 bits per heavy atom. The van der Waals surface area contributed by atoms with Gasteiger partial charge in [-0.15, -0.1) is 11.6 Å². The van der Waals surface area contributed by atoms with Crippen LogP contribution in [0.3, 0.4) is 0 Å². The standard InChI is InChI=1S/C13H12ClFN4/c1-18-7-9(6-16-18)8-19-11-4-2-3-10(15)13(11)17-12(19)5-14/h2-4,6-7H,5,8H2,1H3. The van der Waals surface area contributed by atoms with Crippen molar-refractivity contribution in [3.05, 3.63) is 47.8 Å². The molecule has 0 atom stereocenters. The summed E-state index contributed by atoms with van der Waals surface area (Å²) in [6.07, 6.45) is 3.70. The quantitative estimate of drug-likeness (QED) is 0.691. The van der Waals surface area contributed by atoms with Gasteiger partial charge >= 0.3 is 0 Å². The zero-order valence-electron chi connectivity index (χ0n) is 10.3. The molecular weight excluding hydrogens is 267 g/mol. The minimum Gasteiger partial charge on any atom is -0.322 e. The van der Waals surface area contributed by atoms with Crippen LogP contribution in [0.1, 0.15) is 11.4 Å². The smallest absolute Gasteiger partial charge is 0.151 e. The Hall–Kier alpha value is -1.88. The second-order valence-corrected chi connectivity index (χ2v) is 4.64. The van der Waals surface area contributed by atoms with Crippen molar-refractivity contribution < 1.29 is 4.39 Å². The van der Waals surface area contributed by atoms with Gasteiger partial charge < -0.3 is 4.57 Å². The number of hydrogen-bond donors (Lipinski definition) is 0. The second-order valence-electron chi connectivity index (χ2n) is 4.38. The number of fused-ring (bicyclic) bond motifs is 1. The van der Waals surface area contributed by atoms with E-state index in [9.17, 15) is 4.39 Å². The largest absolute Gasteiger partial charge is 0.322 e. The molecule has 0 aliphatic carbocycles. The average Bonchev–Trinajstić information content (AvgIpc) is 2.96. The number of para-hydroxylation sites is 1. The molecule has 0 N–H and O–H groups in total. The van der Waals surface area contributed by atoms with Gasteiger partial charge in [-0.25, -0.2) is 9.37 Å². The van der Waals surface area contributed by atoms with Gasteiger partial charge in [-0.2, -0.15) is 5.10 Å². The number of imidazole rings is 1. The lowest BCUT2D eigenvalue weighted by Gasteiger charge is -2.05. The number of hydrogen-bond acceptors (Lipinski definition) is 2. The molecule has 0 fully saturated rings. The number of benzene rings is 1. The molecule has 0 amide bonds. The lowest BCUT2D eigenvalue weighted by atomic mass is 10.3. The summed E-state index contributed by atoms with van der Waals surface area (Å²) in [7, 11) is 1.86. The van der Waals surface area contributed by atoms with Crippen molar-refractivity contribution in [1.82, 2.24) is 19.3 Å². The molecule has 0 bridgehead atoms. The summed E-state index contributed by atoms with van der Waals surface area (Å²) < 4.78 is 17.4. The SMILES string of the molecule is Cn1cc(Cn2c(CCl)nc3c(F)cccc32)cn1. The summed E-state index contributed by atoms with van der Waals surface area (Å²) in [4.78, 5) is 4.26. The molecule has 19 heavy (non-hydrogen) atoms. The van der Waals surface area contributed by atoms with Crippen molar-refractivity contribution >= 4 is 22.6 Å². The van der Waals surface area contributed by atoms with E-state index >= 15 is 0 Å². The number of aryl methyl sites for hydroxylation is 1. The Labute approximate surface area is 114 Å². The lowest BCUT2D eigenvalue weighted by molar-refractivity contribution is 0.637. The highest BCUT2D eigenvalue weighted by atomic mass is 35.5. The zero-order valence-corrected chi connectivity index (χ0v) is 11.1. The van der Waals surface area contributed by atoms with Crippen molar-refractivity contribution in [3.8, 4) is 0 Å². The fourth-order valence-corrected chi connectivity index (χ4v) is 2.38. The Morgan fingerprint density at radius 1 is 1.37 bits per heavy atom. The molecule has 0 unspecified atom stereocenters. The molecule has 0 saturated carbocycles. The molecule has 6 heteroatoms. The van der Waals surface area contributed by atoms with Gasteiger partial charge in [0.1, 0.15) is 11.3 Å². The molecule has 0 saturated heterocycles. The van der Waals surface area contributed by atoms with E-state index in [1.54, 1.807) is 16.9 Å². The summed E-state index contributed by atoms with van der Waals surface area (Å²) in [5.41, 5.74) is 2.14. The molecule has 2 aromatic heterocycles. The minimum atomic E-state index is -0.325. The van der Waals surface area contributed by atoms with Crippen LogP contribution in [0.25, 0.3) is 11.0 Å². The van der Waals surface area contributed by atoms with E-state index in [1.807, 2.05) is 23.9 Å². The number of nitrogens with zero attached hydrogens (tertiary/aromatic N) is 4. The highest BCUT2D eigenvalue weighted by Gasteiger charge is 2.13. The van der Waals surface area contributed by atoms with E-state index < -0.39 is 0 Å². The Balaban J connectivity index is 2.13. The molecule has 0 aliphatic heterocycles. The maximum Gasteiger partial charge on any atom is 0.151 e. The highest BCUT2D eigenvalue weighted by Crippen LogP contribution is 2.21. The minimum absolute atomic E-state index is 0.244. The summed E-state index contributed by atoms with van der Waals surface area (Å²) in [6, 6.07) is 4.93. The van der Waals surface area contributed by atoms with Gasteiger partial charge in [0.15, 0.2) is 5.82 Å². The first-order valence-electron chi connectivity index (χ1n) is 5.86. The normalized spacial score (nSPS) is 11.3. The van der Waals surface area contributed by atoms with Gasteiger partial charge in [0, 0.05) is 18.8 Å². The number of alkyl halides is 1. The van der Waals surface area contributed by atoms with Gasteiger partial charge in [-0.1, -0.05) is 6.07 Å². The predicted octanol–water partition coefficient (Wildman–Crippen LogP) is 2.70. The van der Waals surface area contributed by atoms with Crippen LogP contribution in [0, 0.1) is 5.82 Å². The molecule has 3 rings (SSSR count). The second kappa shape index (κ2) is 4.66. The van der Waals surface area contributed by atoms with Gasteiger partial charge in [0.2, 0.25) is 0 Å². The van der Waals surface area contributed by atoms with E-state index in [-0.39, 0.29) is 11.7 Å². The Morgan fingerprint density at radius 3 is 2.89 bits per heavy atom. The molecule has 3 aromatic rings.